The Morgan fingerprint density at radius 1 is 1.06 bits per heavy atom. The molecule has 4 atom stereocenters. The average molecular weight is 679 g/mol. The number of fused-ring (bicyclic) bond motifs is 3. The number of halogens is 2. The van der Waals surface area contributed by atoms with E-state index in [1.54, 1.807) is 0 Å². The fourth-order valence-corrected chi connectivity index (χ4v) is 8.37. The summed E-state index contributed by atoms with van der Waals surface area (Å²) in [5.74, 6) is -1.14. The first-order chi connectivity index (χ1) is 24.2. The average Bonchev–Trinajstić information content (AvgIpc) is 3.38. The molecule has 2 unspecified atom stereocenters. The third-order valence-corrected chi connectivity index (χ3v) is 11.1. The van der Waals surface area contributed by atoms with Gasteiger partial charge in [-0.05, 0) is 75.1 Å². The highest BCUT2D eigenvalue weighted by molar-refractivity contribution is 5.91. The van der Waals surface area contributed by atoms with Crippen molar-refractivity contribution >= 4 is 10.9 Å². The summed E-state index contributed by atoms with van der Waals surface area (Å²) in [6, 6.07) is 10.6. The Morgan fingerprint density at radius 2 is 1.88 bits per heavy atom. The van der Waals surface area contributed by atoms with Crippen molar-refractivity contribution < 1.29 is 23.4 Å². The molecule has 11 heteroatoms. The van der Waals surface area contributed by atoms with Gasteiger partial charge in [0.25, 0.3) is 0 Å². The Kier molecular flexibility index (Phi) is 7.45. The van der Waals surface area contributed by atoms with Crippen LogP contribution < -0.4 is 4.74 Å². The number of ether oxygens (including phenoxy) is 2. The van der Waals surface area contributed by atoms with Gasteiger partial charge in [0.1, 0.15) is 35.4 Å². The molecule has 9 rings (SSSR count). The molecule has 4 aliphatic rings. The molecule has 50 heavy (non-hydrogen) atoms. The van der Waals surface area contributed by atoms with Crippen LogP contribution in [0.1, 0.15) is 62.0 Å². The summed E-state index contributed by atoms with van der Waals surface area (Å²) in [4.78, 5) is 7.74. The molecule has 5 heterocycles. The van der Waals surface area contributed by atoms with Gasteiger partial charge in [-0.1, -0.05) is 18.2 Å². The number of nitrogens with zero attached hydrogens (tertiary/aromatic N) is 6. The van der Waals surface area contributed by atoms with Crippen molar-refractivity contribution in [1.29, 1.82) is 0 Å². The Bertz CT molecular complexity index is 2170. The van der Waals surface area contributed by atoms with E-state index in [1.165, 1.54) is 6.07 Å². The number of benzene rings is 2. The van der Waals surface area contributed by atoms with E-state index in [9.17, 15) is 9.50 Å². The van der Waals surface area contributed by atoms with E-state index in [1.807, 2.05) is 24.0 Å². The fraction of sp³-hybridized carbons (Fsp3) is 0.410. The minimum absolute atomic E-state index is 0.00553. The van der Waals surface area contributed by atoms with E-state index in [-0.39, 0.29) is 54.4 Å². The molecule has 0 bridgehead atoms. The van der Waals surface area contributed by atoms with Gasteiger partial charge >= 0.3 is 0 Å². The molecule has 258 valence electrons. The standard InChI is InChI=1S/C39H40F2N6O3/c1-5-33-39(50-33)46-18-20(2)47-31(21(46)3)16-30(44-47)38-35(36-29(41)14-25(40)15-34(36)49-19-22-11-26(48)12-22)27-7-6-8-28(27)37(43-38)23-9-10-24-17-42-45(4)32(24)13-23/h5,9-10,13-17,20-22,26,33,39,48H,1,6-8,11-12,18-19H2,2-4H3/t20-,21+,22?,26?,33?,39?/m0/s1. The molecule has 1 N–H and O–H groups in total. The first-order valence-corrected chi connectivity index (χ1v) is 17.6. The maximum Gasteiger partial charge on any atom is 0.142 e. The summed E-state index contributed by atoms with van der Waals surface area (Å²) < 4.78 is 47.3. The zero-order valence-electron chi connectivity index (χ0n) is 28.4. The highest BCUT2D eigenvalue weighted by Crippen LogP contribution is 2.48. The van der Waals surface area contributed by atoms with E-state index in [0.717, 1.165) is 64.4 Å². The fourth-order valence-electron chi connectivity index (χ4n) is 8.37. The minimum atomic E-state index is -0.706. The smallest absolute Gasteiger partial charge is 0.142 e. The van der Waals surface area contributed by atoms with Crippen LogP contribution in [0.5, 0.6) is 5.75 Å². The zero-order valence-corrected chi connectivity index (χ0v) is 28.4. The van der Waals surface area contributed by atoms with Gasteiger partial charge in [0.15, 0.2) is 0 Å². The van der Waals surface area contributed by atoms with Crippen LogP contribution in [0.25, 0.3) is 44.7 Å². The largest absolute Gasteiger partial charge is 0.492 e. The van der Waals surface area contributed by atoms with Crippen molar-refractivity contribution in [2.45, 2.75) is 76.5 Å². The van der Waals surface area contributed by atoms with Crippen LogP contribution in [0, 0.1) is 17.6 Å². The monoisotopic (exact) mass is 678 g/mol. The Hall–Kier alpha value is -4.45. The summed E-state index contributed by atoms with van der Waals surface area (Å²) in [6.07, 6.45) is 6.90. The quantitative estimate of drug-likeness (QED) is 0.141. The topological polar surface area (TPSA) is 93.8 Å². The molecule has 9 nitrogen and oxygen atoms in total. The first kappa shape index (κ1) is 31.5. The van der Waals surface area contributed by atoms with Crippen LogP contribution in [-0.2, 0) is 24.6 Å². The molecule has 2 aromatic carbocycles. The van der Waals surface area contributed by atoms with E-state index in [0.29, 0.717) is 36.2 Å². The van der Waals surface area contributed by atoms with E-state index in [2.05, 4.69) is 59.4 Å². The first-order valence-electron chi connectivity index (χ1n) is 17.6. The van der Waals surface area contributed by atoms with E-state index >= 15 is 4.39 Å². The van der Waals surface area contributed by atoms with E-state index in [4.69, 9.17) is 19.6 Å². The predicted molar refractivity (Wildman–Crippen MR) is 185 cm³/mol. The second-order valence-corrected chi connectivity index (χ2v) is 14.4. The predicted octanol–water partition coefficient (Wildman–Crippen LogP) is 6.93. The molecule has 2 fully saturated rings. The van der Waals surface area contributed by atoms with Gasteiger partial charge in [0.2, 0.25) is 0 Å². The van der Waals surface area contributed by atoms with Gasteiger partial charge < -0.3 is 14.6 Å². The lowest BCUT2D eigenvalue weighted by Gasteiger charge is -2.36. The summed E-state index contributed by atoms with van der Waals surface area (Å²) >= 11 is 0. The molecule has 5 aromatic rings. The molecule has 2 aliphatic heterocycles. The molecule has 1 saturated heterocycles. The lowest BCUT2D eigenvalue weighted by Crippen LogP contribution is -2.41. The summed E-state index contributed by atoms with van der Waals surface area (Å²) in [5, 5.41) is 20.5. The van der Waals surface area contributed by atoms with Crippen molar-refractivity contribution in [1.82, 2.24) is 29.4 Å². The summed E-state index contributed by atoms with van der Waals surface area (Å²) in [5.41, 5.74) is 7.81. The summed E-state index contributed by atoms with van der Waals surface area (Å²) in [6.45, 7) is 9.22. The molecule has 0 radical (unpaired) electrons. The van der Waals surface area contributed by atoms with Crippen molar-refractivity contribution in [3.63, 3.8) is 0 Å². The molecule has 0 amide bonds. The number of hydrogen-bond donors (Lipinski definition) is 1. The molecule has 2 aliphatic carbocycles. The van der Waals surface area contributed by atoms with Crippen LogP contribution in [0.3, 0.4) is 0 Å². The van der Waals surface area contributed by atoms with Gasteiger partial charge in [-0.15, -0.1) is 6.58 Å². The van der Waals surface area contributed by atoms with Crippen molar-refractivity contribution in [3.8, 4) is 39.5 Å². The van der Waals surface area contributed by atoms with Crippen molar-refractivity contribution in [2.24, 2.45) is 13.0 Å². The number of aromatic nitrogens is 5. The zero-order chi connectivity index (χ0) is 34.4. The number of aliphatic hydroxyl groups is 1. The van der Waals surface area contributed by atoms with Crippen LogP contribution >= 0.6 is 0 Å². The third-order valence-electron chi connectivity index (χ3n) is 11.1. The summed E-state index contributed by atoms with van der Waals surface area (Å²) in [7, 11) is 1.92. The highest BCUT2D eigenvalue weighted by Gasteiger charge is 2.47. The maximum atomic E-state index is 16.4. The molecule has 1 saturated carbocycles. The van der Waals surface area contributed by atoms with Crippen LogP contribution in [0.4, 0.5) is 8.78 Å². The van der Waals surface area contributed by atoms with Gasteiger partial charge in [0, 0.05) is 42.2 Å². The van der Waals surface area contributed by atoms with Gasteiger partial charge in [0.05, 0.1) is 59.2 Å². The lowest BCUT2D eigenvalue weighted by atomic mass is 9.83. The van der Waals surface area contributed by atoms with Crippen LogP contribution in [0.2, 0.25) is 0 Å². The number of pyridine rings is 1. The normalized spacial score (nSPS) is 25.7. The van der Waals surface area contributed by atoms with E-state index < -0.39 is 11.6 Å². The van der Waals surface area contributed by atoms with Gasteiger partial charge in [-0.25, -0.2) is 13.8 Å². The second-order valence-electron chi connectivity index (χ2n) is 14.4. The number of aliphatic hydroxyl groups excluding tert-OH is 1. The number of epoxide rings is 1. The molecular formula is C39H40F2N6O3. The second kappa shape index (κ2) is 11.8. The van der Waals surface area contributed by atoms with Gasteiger partial charge in [-0.3, -0.25) is 14.3 Å². The lowest BCUT2D eigenvalue weighted by molar-refractivity contribution is 0.0203. The minimum Gasteiger partial charge on any atom is -0.492 e. The SMILES string of the molecule is C=CC1OC1N1C[C@H](C)n2nc(-c3nc(-c4ccc5cnn(C)c5c4)c4c(c3-c3c(F)cc(F)cc3OCC3CC(O)C3)CCC4)cc2[C@H]1C. The molecular weight excluding hydrogens is 638 g/mol. The van der Waals surface area contributed by atoms with Gasteiger partial charge in [-0.2, -0.15) is 10.2 Å². The van der Waals surface area contributed by atoms with Crippen LogP contribution in [0.15, 0.2) is 55.3 Å². The third kappa shape index (κ3) is 5.08. The highest BCUT2D eigenvalue weighted by atomic mass is 19.1. The molecule has 0 spiro atoms. The Morgan fingerprint density at radius 3 is 2.66 bits per heavy atom. The van der Waals surface area contributed by atoms with Crippen LogP contribution in [-0.4, -0.2) is 66.1 Å². The molecule has 3 aromatic heterocycles. The Labute approximate surface area is 289 Å². The van der Waals surface area contributed by atoms with Crippen molar-refractivity contribution in [2.75, 3.05) is 13.2 Å². The number of rotatable bonds is 8. The number of aryl methyl sites for hydroxylation is 1. The maximum absolute atomic E-state index is 16.4. The van der Waals surface area contributed by atoms with Crippen molar-refractivity contribution in [3.05, 3.63) is 83.7 Å². The number of hydrogen-bond acceptors (Lipinski definition) is 7. The Balaban J connectivity index is 1.25.